The zero-order valence-corrected chi connectivity index (χ0v) is 10.9. The molecule has 3 rings (SSSR count). The third-order valence-electron chi connectivity index (χ3n) is 2.90. The van der Waals surface area contributed by atoms with Crippen LogP contribution in [0.3, 0.4) is 0 Å². The van der Waals surface area contributed by atoms with Gasteiger partial charge in [-0.2, -0.15) is 0 Å². The maximum atomic E-state index is 3.38. The molecule has 2 heteroatoms. The van der Waals surface area contributed by atoms with Crippen LogP contribution in [0.5, 0.6) is 0 Å². The molecule has 0 aromatic heterocycles. The number of hydrogen-bond donors (Lipinski definition) is 0. The van der Waals surface area contributed by atoms with E-state index in [0.29, 0.717) is 0 Å². The van der Waals surface area contributed by atoms with Gasteiger partial charge >= 0.3 is 0 Å². The molecule has 1 heterocycles. The van der Waals surface area contributed by atoms with Crippen LogP contribution in [0.1, 0.15) is 5.56 Å². The van der Waals surface area contributed by atoms with Crippen molar-refractivity contribution in [3.8, 4) is 0 Å². The predicted molar refractivity (Wildman–Crippen MR) is 78.6 cm³/mol. The second-order valence-electron chi connectivity index (χ2n) is 4.13. The number of para-hydroxylation sites is 1. The van der Waals surface area contributed by atoms with Crippen molar-refractivity contribution >= 4 is 23.5 Å². The van der Waals surface area contributed by atoms with Gasteiger partial charge in [-0.15, -0.1) is 0 Å². The molecule has 18 heavy (non-hydrogen) atoms. The van der Waals surface area contributed by atoms with Crippen LogP contribution in [0.2, 0.25) is 0 Å². The van der Waals surface area contributed by atoms with Gasteiger partial charge in [0.05, 0.1) is 5.69 Å². The van der Waals surface area contributed by atoms with Crippen molar-refractivity contribution in [3.63, 3.8) is 0 Å². The molecule has 0 atom stereocenters. The average Bonchev–Trinajstić information content (AvgIpc) is 2.75. The van der Waals surface area contributed by atoms with E-state index in [0.717, 1.165) is 5.03 Å². The minimum atomic E-state index is 1.14. The highest BCUT2D eigenvalue weighted by Gasteiger charge is 2.20. The number of rotatable bonds is 1. The van der Waals surface area contributed by atoms with Crippen LogP contribution in [-0.2, 0) is 0 Å². The van der Waals surface area contributed by atoms with E-state index in [2.05, 4.69) is 54.1 Å². The van der Waals surface area contributed by atoms with Gasteiger partial charge in [0, 0.05) is 11.9 Å². The number of hydrogen-bond acceptors (Lipinski definition) is 2. The summed E-state index contributed by atoms with van der Waals surface area (Å²) in [5.41, 5.74) is 5.81. The summed E-state index contributed by atoms with van der Waals surface area (Å²) in [7, 11) is 2.08. The lowest BCUT2D eigenvalue weighted by Gasteiger charge is -2.10. The van der Waals surface area contributed by atoms with Crippen LogP contribution in [0.4, 0.5) is 5.69 Å². The summed E-state index contributed by atoms with van der Waals surface area (Å²) in [6.07, 6.45) is 2.03. The van der Waals surface area contributed by atoms with Crippen LogP contribution >= 0.6 is 11.8 Å². The standard InChI is InChI=1S/C16H13NS/c1-17-14-9-5-6-10-15(14)18-16(17)12-11-13-7-3-2-4-8-13/h2-11H,1H3. The molecule has 2 aromatic carbocycles. The fourth-order valence-corrected chi connectivity index (χ4v) is 2.94. The summed E-state index contributed by atoms with van der Waals surface area (Å²) >= 11 is 1.76. The Kier molecular flexibility index (Phi) is 2.97. The molecule has 0 unspecified atom stereocenters. The largest absolute Gasteiger partial charge is 0.332 e. The lowest BCUT2D eigenvalue weighted by Crippen LogP contribution is -2.08. The first-order chi connectivity index (χ1) is 8.84. The normalized spacial score (nSPS) is 13.2. The van der Waals surface area contributed by atoms with E-state index >= 15 is 0 Å². The van der Waals surface area contributed by atoms with E-state index in [9.17, 15) is 0 Å². The topological polar surface area (TPSA) is 3.24 Å². The van der Waals surface area contributed by atoms with E-state index in [1.54, 1.807) is 11.8 Å². The third-order valence-corrected chi connectivity index (χ3v) is 4.05. The van der Waals surface area contributed by atoms with Crippen LogP contribution in [-0.4, -0.2) is 7.05 Å². The zero-order chi connectivity index (χ0) is 12.4. The Labute approximate surface area is 111 Å². The van der Waals surface area contributed by atoms with Gasteiger partial charge in [0.2, 0.25) is 0 Å². The highest BCUT2D eigenvalue weighted by Crippen LogP contribution is 2.44. The molecular formula is C16H13NS. The molecule has 0 saturated heterocycles. The van der Waals surface area contributed by atoms with Crippen molar-refractivity contribution in [1.29, 1.82) is 0 Å². The molecular weight excluding hydrogens is 238 g/mol. The molecule has 1 aliphatic rings. The maximum Gasteiger partial charge on any atom is 0.124 e. The van der Waals surface area contributed by atoms with Gasteiger partial charge in [0.25, 0.3) is 0 Å². The Bertz CT molecular complexity index is 625. The van der Waals surface area contributed by atoms with Crippen LogP contribution < -0.4 is 4.90 Å². The van der Waals surface area contributed by atoms with Crippen molar-refractivity contribution in [1.82, 2.24) is 0 Å². The van der Waals surface area contributed by atoms with Crippen LogP contribution in [0.15, 0.2) is 70.3 Å². The second-order valence-corrected chi connectivity index (χ2v) is 5.16. The first-order valence-corrected chi connectivity index (χ1v) is 6.68. The number of thioether (sulfide) groups is 1. The van der Waals surface area contributed by atoms with Crippen molar-refractivity contribution in [2.45, 2.75) is 4.90 Å². The molecule has 0 spiro atoms. The third kappa shape index (κ3) is 2.08. The molecule has 2 aromatic rings. The molecule has 0 N–H and O–H groups in total. The van der Waals surface area contributed by atoms with Crippen molar-refractivity contribution in [3.05, 3.63) is 70.9 Å². The Morgan fingerprint density at radius 1 is 1.00 bits per heavy atom. The molecule has 0 bridgehead atoms. The lowest BCUT2D eigenvalue weighted by molar-refractivity contribution is 1.18. The molecule has 1 aliphatic heterocycles. The Balaban J connectivity index is 1.95. The van der Waals surface area contributed by atoms with Crippen LogP contribution in [0.25, 0.3) is 6.08 Å². The summed E-state index contributed by atoms with van der Waals surface area (Å²) in [5.74, 6) is 0. The van der Waals surface area contributed by atoms with E-state index in [1.165, 1.54) is 16.1 Å². The molecule has 88 valence electrons. The minimum absolute atomic E-state index is 1.14. The van der Waals surface area contributed by atoms with Crippen molar-refractivity contribution < 1.29 is 0 Å². The molecule has 1 nitrogen and oxygen atoms in total. The number of anilines is 1. The Hall–Kier alpha value is -1.89. The van der Waals surface area contributed by atoms with E-state index in [1.807, 2.05) is 24.3 Å². The molecule has 0 saturated carbocycles. The van der Waals surface area contributed by atoms with Crippen LogP contribution in [0, 0.1) is 0 Å². The monoisotopic (exact) mass is 251 g/mol. The second kappa shape index (κ2) is 4.77. The molecule has 0 radical (unpaired) electrons. The maximum absolute atomic E-state index is 3.38. The number of nitrogens with zero attached hydrogens (tertiary/aromatic N) is 1. The predicted octanol–water partition coefficient (Wildman–Crippen LogP) is 4.38. The number of fused-ring (bicyclic) bond motifs is 1. The fourth-order valence-electron chi connectivity index (χ4n) is 1.92. The summed E-state index contributed by atoms with van der Waals surface area (Å²) < 4.78 is 0. The summed E-state index contributed by atoms with van der Waals surface area (Å²) in [5, 5.41) is 1.14. The van der Waals surface area contributed by atoms with Gasteiger partial charge in [-0.3, -0.25) is 0 Å². The van der Waals surface area contributed by atoms with Gasteiger partial charge in [-0.25, -0.2) is 0 Å². The Morgan fingerprint density at radius 3 is 2.50 bits per heavy atom. The number of benzene rings is 2. The summed E-state index contributed by atoms with van der Waals surface area (Å²) in [6, 6.07) is 18.7. The molecule has 0 fully saturated rings. The summed E-state index contributed by atoms with van der Waals surface area (Å²) in [6.45, 7) is 0. The minimum Gasteiger partial charge on any atom is -0.332 e. The highest BCUT2D eigenvalue weighted by molar-refractivity contribution is 8.03. The Morgan fingerprint density at radius 2 is 1.72 bits per heavy atom. The van der Waals surface area contributed by atoms with Crippen molar-refractivity contribution in [2.24, 2.45) is 0 Å². The van der Waals surface area contributed by atoms with E-state index in [-0.39, 0.29) is 0 Å². The SMILES string of the molecule is CN1C(=C=Cc2ccccc2)Sc2ccccc21. The quantitative estimate of drug-likeness (QED) is 0.692. The molecule has 0 amide bonds. The highest BCUT2D eigenvalue weighted by atomic mass is 32.2. The average molecular weight is 251 g/mol. The fraction of sp³-hybridized carbons (Fsp3) is 0.0625. The van der Waals surface area contributed by atoms with Gasteiger partial charge in [0.1, 0.15) is 5.03 Å². The van der Waals surface area contributed by atoms with E-state index in [4.69, 9.17) is 0 Å². The van der Waals surface area contributed by atoms with E-state index < -0.39 is 0 Å². The lowest BCUT2D eigenvalue weighted by atomic mass is 10.2. The molecule has 0 aliphatic carbocycles. The van der Waals surface area contributed by atoms with Gasteiger partial charge in [-0.05, 0) is 23.8 Å². The van der Waals surface area contributed by atoms with Gasteiger partial charge < -0.3 is 4.90 Å². The van der Waals surface area contributed by atoms with Crippen molar-refractivity contribution in [2.75, 3.05) is 11.9 Å². The first kappa shape index (κ1) is 11.2. The van der Waals surface area contributed by atoms with Gasteiger partial charge in [0.15, 0.2) is 0 Å². The summed E-state index contributed by atoms with van der Waals surface area (Å²) in [4.78, 5) is 3.48. The van der Waals surface area contributed by atoms with Gasteiger partial charge in [-0.1, -0.05) is 60.0 Å². The smallest absolute Gasteiger partial charge is 0.124 e. The zero-order valence-electron chi connectivity index (χ0n) is 10.1. The first-order valence-electron chi connectivity index (χ1n) is 5.87.